The molecule has 1 N–H and O–H groups in total. The Bertz CT molecular complexity index is 1230. The number of carbonyl (C=O) groups is 7. The molecule has 2 aliphatic rings. The zero-order valence-electron chi connectivity index (χ0n) is 27.5. The fourth-order valence-corrected chi connectivity index (χ4v) is 6.02. The Morgan fingerprint density at radius 3 is 1.53 bits per heavy atom. The average molecular weight is 783 g/mol. The first kappa shape index (κ1) is 42.6. The van der Waals surface area contributed by atoms with E-state index < -0.39 is 119 Å². The van der Waals surface area contributed by atoms with E-state index >= 15 is 0 Å². The molecule has 2 heterocycles. The lowest BCUT2D eigenvalue weighted by molar-refractivity contribution is -0.336. The maximum Gasteiger partial charge on any atom is 0.303 e. The standard InChI is InChI=1S/C28H38Cl3NO16S/c1-8-49-26-19(32-27(39)28(29,30)31)22(43-14(5)36)20(18(47-26)10-41-12(3)34)48-25-24(45-16(7)38)23(44-15(6)37)21(42-13(4)35)17(46-25)9-40-11(2)33/h17-26H,8-10H2,1-7H3,(H,32,39)/t17-,18-,19-,20-,21+,22-,23+,24-,25+,26+/m1/s1. The van der Waals surface area contributed by atoms with E-state index in [0.717, 1.165) is 53.3 Å². The number of thioether (sulfide) groups is 1. The van der Waals surface area contributed by atoms with Crippen LogP contribution in [0.15, 0.2) is 0 Å². The second-order valence-electron chi connectivity index (χ2n) is 10.5. The molecule has 1 amide bonds. The van der Waals surface area contributed by atoms with Crippen LogP contribution in [0.4, 0.5) is 0 Å². The zero-order valence-corrected chi connectivity index (χ0v) is 30.6. The Labute approximate surface area is 300 Å². The molecule has 0 aromatic heterocycles. The van der Waals surface area contributed by atoms with E-state index in [4.69, 9.17) is 77.4 Å². The van der Waals surface area contributed by atoms with Crippen molar-refractivity contribution in [3.63, 3.8) is 0 Å². The van der Waals surface area contributed by atoms with Crippen LogP contribution in [-0.2, 0) is 76.2 Å². The third-order valence-corrected chi connectivity index (χ3v) is 8.11. The summed E-state index contributed by atoms with van der Waals surface area (Å²) in [5, 5.41) is 2.49. The van der Waals surface area contributed by atoms with Crippen LogP contribution in [0, 0.1) is 0 Å². The molecule has 0 radical (unpaired) electrons. The number of ether oxygens (including phenoxy) is 9. The third-order valence-electron chi connectivity index (χ3n) is 6.52. The molecule has 2 aliphatic heterocycles. The van der Waals surface area contributed by atoms with E-state index in [1.807, 2.05) is 0 Å². The monoisotopic (exact) mass is 781 g/mol. The van der Waals surface area contributed by atoms with Crippen LogP contribution in [0.25, 0.3) is 0 Å². The van der Waals surface area contributed by atoms with Crippen LogP contribution in [0.3, 0.4) is 0 Å². The highest BCUT2D eigenvalue weighted by Gasteiger charge is 2.57. The normalized spacial score (nSPS) is 29.8. The second-order valence-corrected chi connectivity index (χ2v) is 14.2. The molecular formula is C28H38Cl3NO16S. The van der Waals surface area contributed by atoms with Gasteiger partial charge in [-0.25, -0.2) is 0 Å². The molecule has 2 rings (SSSR count). The topological polar surface area (TPSA) is 215 Å². The van der Waals surface area contributed by atoms with Crippen molar-refractivity contribution in [2.45, 2.75) is 113 Å². The summed E-state index contributed by atoms with van der Waals surface area (Å²) in [6.45, 7) is 7.11. The quantitative estimate of drug-likeness (QED) is 0.158. The molecule has 278 valence electrons. The fraction of sp³-hybridized carbons (Fsp3) is 0.750. The van der Waals surface area contributed by atoms with Crippen LogP contribution in [0.1, 0.15) is 48.5 Å². The number of rotatable bonds is 13. The molecule has 0 unspecified atom stereocenters. The lowest BCUT2D eigenvalue weighted by Gasteiger charge is -2.49. The molecule has 2 fully saturated rings. The number of nitrogens with one attached hydrogen (secondary N) is 1. The van der Waals surface area contributed by atoms with Crippen molar-refractivity contribution in [2.24, 2.45) is 0 Å². The molecule has 2 saturated heterocycles. The number of carbonyl (C=O) groups excluding carboxylic acids is 7. The van der Waals surface area contributed by atoms with Gasteiger partial charge in [0, 0.05) is 41.5 Å². The largest absolute Gasteiger partial charge is 0.463 e. The third kappa shape index (κ3) is 13.2. The van der Waals surface area contributed by atoms with Gasteiger partial charge < -0.3 is 47.9 Å². The highest BCUT2D eigenvalue weighted by molar-refractivity contribution is 7.99. The second kappa shape index (κ2) is 19.1. The van der Waals surface area contributed by atoms with Crippen molar-refractivity contribution < 1.29 is 76.2 Å². The molecule has 17 nitrogen and oxygen atoms in total. The molecule has 49 heavy (non-hydrogen) atoms. The van der Waals surface area contributed by atoms with E-state index in [2.05, 4.69) is 5.32 Å². The Balaban J connectivity index is 2.76. The van der Waals surface area contributed by atoms with Crippen LogP contribution < -0.4 is 5.32 Å². The van der Waals surface area contributed by atoms with Crippen molar-refractivity contribution in [1.29, 1.82) is 0 Å². The van der Waals surface area contributed by atoms with Gasteiger partial charge in [-0.3, -0.25) is 33.6 Å². The smallest absolute Gasteiger partial charge is 0.303 e. The number of hydrogen-bond acceptors (Lipinski definition) is 17. The highest BCUT2D eigenvalue weighted by Crippen LogP contribution is 2.37. The molecule has 0 aromatic rings. The fourth-order valence-electron chi connectivity index (χ4n) is 4.88. The van der Waals surface area contributed by atoms with Gasteiger partial charge in [-0.2, -0.15) is 0 Å². The van der Waals surface area contributed by atoms with Gasteiger partial charge in [0.2, 0.25) is 0 Å². The van der Waals surface area contributed by atoms with Crippen LogP contribution >= 0.6 is 46.6 Å². The van der Waals surface area contributed by atoms with E-state index in [1.54, 1.807) is 6.92 Å². The number of hydrogen-bond donors (Lipinski definition) is 1. The summed E-state index contributed by atoms with van der Waals surface area (Å²) >= 11 is 18.6. The lowest BCUT2D eigenvalue weighted by atomic mass is 9.95. The van der Waals surface area contributed by atoms with Crippen molar-refractivity contribution in [1.82, 2.24) is 5.32 Å². The van der Waals surface area contributed by atoms with Crippen molar-refractivity contribution in [2.75, 3.05) is 19.0 Å². The first-order chi connectivity index (χ1) is 22.7. The van der Waals surface area contributed by atoms with E-state index in [9.17, 15) is 33.6 Å². The van der Waals surface area contributed by atoms with Crippen LogP contribution in [0.2, 0.25) is 0 Å². The van der Waals surface area contributed by atoms with E-state index in [0.29, 0.717) is 5.75 Å². The van der Waals surface area contributed by atoms with Gasteiger partial charge in [-0.15, -0.1) is 11.8 Å². The van der Waals surface area contributed by atoms with Crippen molar-refractivity contribution in [3.05, 3.63) is 0 Å². The summed E-state index contributed by atoms with van der Waals surface area (Å²) in [4.78, 5) is 85.7. The van der Waals surface area contributed by atoms with Crippen LogP contribution in [-0.4, -0.2) is 125 Å². The Kier molecular flexibility index (Phi) is 16.6. The molecule has 0 spiro atoms. The predicted molar refractivity (Wildman–Crippen MR) is 168 cm³/mol. The number of alkyl halides is 3. The molecule has 21 heteroatoms. The molecule has 0 bridgehead atoms. The minimum Gasteiger partial charge on any atom is -0.463 e. The van der Waals surface area contributed by atoms with Gasteiger partial charge in [0.25, 0.3) is 9.70 Å². The van der Waals surface area contributed by atoms with E-state index in [1.165, 1.54) is 0 Å². The molecular weight excluding hydrogens is 745 g/mol. The van der Waals surface area contributed by atoms with Gasteiger partial charge in [0.15, 0.2) is 30.7 Å². The van der Waals surface area contributed by atoms with Gasteiger partial charge >= 0.3 is 35.8 Å². The first-order valence-electron chi connectivity index (χ1n) is 14.7. The summed E-state index contributed by atoms with van der Waals surface area (Å²) in [6, 6.07) is -1.29. The van der Waals surface area contributed by atoms with Gasteiger partial charge in [-0.1, -0.05) is 41.7 Å². The van der Waals surface area contributed by atoms with Gasteiger partial charge in [-0.05, 0) is 5.75 Å². The summed E-state index contributed by atoms with van der Waals surface area (Å²) in [5.41, 5.74) is -1.01. The summed E-state index contributed by atoms with van der Waals surface area (Å²) < 4.78 is 48.3. The van der Waals surface area contributed by atoms with Gasteiger partial charge in [0.1, 0.15) is 43.0 Å². The average Bonchev–Trinajstić information content (AvgIpc) is 2.95. The van der Waals surface area contributed by atoms with Gasteiger partial charge in [0.05, 0.1) is 0 Å². The van der Waals surface area contributed by atoms with Crippen molar-refractivity contribution in [3.8, 4) is 0 Å². The summed E-state index contributed by atoms with van der Waals surface area (Å²) in [5.74, 6) is -5.71. The number of esters is 6. The minimum atomic E-state index is -2.47. The highest BCUT2D eigenvalue weighted by atomic mass is 35.6. The maximum atomic E-state index is 12.9. The Morgan fingerprint density at radius 2 is 1.08 bits per heavy atom. The summed E-state index contributed by atoms with van der Waals surface area (Å²) in [7, 11) is 0. The first-order valence-corrected chi connectivity index (χ1v) is 16.8. The molecule has 0 aromatic carbocycles. The van der Waals surface area contributed by atoms with Crippen molar-refractivity contribution >= 4 is 88.3 Å². The zero-order chi connectivity index (χ0) is 37.2. The summed E-state index contributed by atoms with van der Waals surface area (Å²) in [6.07, 6.45) is -12.3. The van der Waals surface area contributed by atoms with E-state index in [-0.39, 0.29) is 0 Å². The molecule has 0 aliphatic carbocycles. The maximum absolute atomic E-state index is 12.9. The predicted octanol–water partition coefficient (Wildman–Crippen LogP) is 1.28. The lowest BCUT2D eigenvalue weighted by Crippen LogP contribution is -2.69. The Morgan fingerprint density at radius 1 is 0.633 bits per heavy atom. The SMILES string of the molecule is CCS[C@@H]1O[C@H](COC(C)=O)[C@@H](O[C@@H]2O[C@H](COC(C)=O)[C@H](OC(C)=O)[C@H](OC(C)=O)[C@H]2OC(C)=O)[C@H](OC(C)=O)[C@H]1NC(=O)C(Cl)(Cl)Cl. The number of halogens is 3. The minimum absolute atomic E-state index is 0.406. The Hall–Kier alpha value is -2.61. The molecule has 10 atom stereocenters. The van der Waals surface area contributed by atoms with Crippen LogP contribution in [0.5, 0.6) is 0 Å². The number of amides is 1. The molecule has 0 saturated carbocycles.